The van der Waals surface area contributed by atoms with E-state index in [1.807, 2.05) is 36.1 Å². The van der Waals surface area contributed by atoms with Gasteiger partial charge in [-0.3, -0.25) is 4.79 Å². The Morgan fingerprint density at radius 1 is 1.22 bits per heavy atom. The standard InChI is InChI=1S/C19H24N4O3S/c1-3-14-5-7-15(8-6-14)21-18(24)17-9-11-20-19(22-17)23(4-2)16-10-12-27(25,26)13-16/h5-9,11,16H,3-4,10,12-13H2,1-2H3,(H,21,24). The van der Waals surface area contributed by atoms with Gasteiger partial charge in [-0.1, -0.05) is 19.1 Å². The molecule has 7 nitrogen and oxygen atoms in total. The number of aryl methyl sites for hydroxylation is 1. The highest BCUT2D eigenvalue weighted by atomic mass is 32.2. The fourth-order valence-electron chi connectivity index (χ4n) is 3.22. The van der Waals surface area contributed by atoms with E-state index in [1.54, 1.807) is 6.07 Å². The summed E-state index contributed by atoms with van der Waals surface area (Å²) in [6.45, 7) is 4.57. The van der Waals surface area contributed by atoms with Crippen LogP contribution in [0.1, 0.15) is 36.3 Å². The van der Waals surface area contributed by atoms with Gasteiger partial charge in [-0.2, -0.15) is 0 Å². The fraction of sp³-hybridized carbons (Fsp3) is 0.421. The highest BCUT2D eigenvalue weighted by molar-refractivity contribution is 7.91. The minimum Gasteiger partial charge on any atom is -0.337 e. The number of rotatable bonds is 6. The molecule has 1 aliphatic heterocycles. The molecule has 144 valence electrons. The maximum Gasteiger partial charge on any atom is 0.274 e. The maximum absolute atomic E-state index is 12.5. The maximum atomic E-state index is 12.5. The smallest absolute Gasteiger partial charge is 0.274 e. The Morgan fingerprint density at radius 3 is 2.56 bits per heavy atom. The number of benzene rings is 1. The zero-order chi connectivity index (χ0) is 19.4. The lowest BCUT2D eigenvalue weighted by molar-refractivity contribution is 0.102. The third-order valence-electron chi connectivity index (χ3n) is 4.74. The number of sulfone groups is 1. The summed E-state index contributed by atoms with van der Waals surface area (Å²) >= 11 is 0. The van der Waals surface area contributed by atoms with Crippen molar-refractivity contribution in [2.75, 3.05) is 28.3 Å². The summed E-state index contributed by atoms with van der Waals surface area (Å²) in [5, 5.41) is 2.83. The lowest BCUT2D eigenvalue weighted by Crippen LogP contribution is -2.37. The van der Waals surface area contributed by atoms with Crippen LogP contribution in [0.4, 0.5) is 11.6 Å². The van der Waals surface area contributed by atoms with Crippen LogP contribution in [0.25, 0.3) is 0 Å². The second-order valence-corrected chi connectivity index (χ2v) is 8.82. The van der Waals surface area contributed by atoms with Gasteiger partial charge in [0.1, 0.15) is 5.69 Å². The highest BCUT2D eigenvalue weighted by Gasteiger charge is 2.33. The van der Waals surface area contributed by atoms with Gasteiger partial charge in [0.05, 0.1) is 11.5 Å². The summed E-state index contributed by atoms with van der Waals surface area (Å²) in [6, 6.07) is 9.07. The third kappa shape index (κ3) is 4.63. The second-order valence-electron chi connectivity index (χ2n) is 6.59. The van der Waals surface area contributed by atoms with Crippen molar-refractivity contribution in [3.8, 4) is 0 Å². The van der Waals surface area contributed by atoms with E-state index in [4.69, 9.17) is 0 Å². The minimum absolute atomic E-state index is 0.102. The van der Waals surface area contributed by atoms with Gasteiger partial charge < -0.3 is 10.2 Å². The molecule has 0 bridgehead atoms. The molecule has 1 N–H and O–H groups in total. The van der Waals surface area contributed by atoms with Gasteiger partial charge in [-0.05, 0) is 43.5 Å². The molecule has 2 aromatic rings. The Kier molecular flexibility index (Phi) is 5.74. The van der Waals surface area contributed by atoms with Gasteiger partial charge in [-0.15, -0.1) is 0 Å². The molecule has 1 atom stereocenters. The zero-order valence-corrected chi connectivity index (χ0v) is 16.4. The van der Waals surface area contributed by atoms with Gasteiger partial charge in [0.2, 0.25) is 5.95 Å². The molecule has 1 aromatic heterocycles. The van der Waals surface area contributed by atoms with Crippen LogP contribution in [0.15, 0.2) is 36.5 Å². The SMILES string of the molecule is CCc1ccc(NC(=O)c2ccnc(N(CC)C3CCS(=O)(=O)C3)n2)cc1. The van der Waals surface area contributed by atoms with Crippen LogP contribution in [0, 0.1) is 0 Å². The molecule has 1 aliphatic rings. The van der Waals surface area contributed by atoms with Crippen molar-refractivity contribution >= 4 is 27.4 Å². The molecular weight excluding hydrogens is 364 g/mol. The van der Waals surface area contributed by atoms with Gasteiger partial charge in [-0.25, -0.2) is 18.4 Å². The van der Waals surface area contributed by atoms with Crippen LogP contribution in [-0.4, -0.2) is 48.4 Å². The van der Waals surface area contributed by atoms with Crippen molar-refractivity contribution in [2.45, 2.75) is 32.7 Å². The molecule has 1 aromatic carbocycles. The van der Waals surface area contributed by atoms with Crippen molar-refractivity contribution < 1.29 is 13.2 Å². The normalized spacial score (nSPS) is 18.2. The molecule has 1 fully saturated rings. The molecule has 3 rings (SSSR count). The summed E-state index contributed by atoms with van der Waals surface area (Å²) in [5.74, 6) is 0.346. The Balaban J connectivity index is 1.76. The average Bonchev–Trinajstić information content (AvgIpc) is 3.02. The van der Waals surface area contributed by atoms with Crippen molar-refractivity contribution in [2.24, 2.45) is 0 Å². The Morgan fingerprint density at radius 2 is 1.96 bits per heavy atom. The lowest BCUT2D eigenvalue weighted by Gasteiger charge is -2.26. The predicted molar refractivity (Wildman–Crippen MR) is 106 cm³/mol. The molecule has 1 saturated heterocycles. The van der Waals surface area contributed by atoms with Gasteiger partial charge >= 0.3 is 0 Å². The number of nitrogens with zero attached hydrogens (tertiary/aromatic N) is 3. The first-order valence-electron chi connectivity index (χ1n) is 9.12. The minimum atomic E-state index is -3.01. The summed E-state index contributed by atoms with van der Waals surface area (Å²) in [4.78, 5) is 23.0. The van der Waals surface area contributed by atoms with Gasteiger partial charge in [0, 0.05) is 24.5 Å². The van der Waals surface area contributed by atoms with Crippen LogP contribution in [0.5, 0.6) is 0 Å². The van der Waals surface area contributed by atoms with Gasteiger partial charge in [0.25, 0.3) is 5.91 Å². The van der Waals surface area contributed by atoms with E-state index in [1.165, 1.54) is 11.8 Å². The molecule has 1 amide bonds. The van der Waals surface area contributed by atoms with E-state index in [0.717, 1.165) is 6.42 Å². The van der Waals surface area contributed by atoms with Crippen LogP contribution in [0.2, 0.25) is 0 Å². The first-order valence-corrected chi connectivity index (χ1v) is 10.9. The summed E-state index contributed by atoms with van der Waals surface area (Å²) in [5.41, 5.74) is 2.15. The summed E-state index contributed by atoms with van der Waals surface area (Å²) in [7, 11) is -3.01. The number of carbonyl (C=O) groups excluding carboxylic acids is 1. The van der Waals surface area contributed by atoms with E-state index in [0.29, 0.717) is 24.6 Å². The summed E-state index contributed by atoms with van der Waals surface area (Å²) < 4.78 is 23.6. The quantitative estimate of drug-likeness (QED) is 0.816. The fourth-order valence-corrected chi connectivity index (χ4v) is 4.95. The topological polar surface area (TPSA) is 92.3 Å². The van der Waals surface area contributed by atoms with E-state index in [-0.39, 0.29) is 29.1 Å². The van der Waals surface area contributed by atoms with Crippen molar-refractivity contribution in [1.82, 2.24) is 9.97 Å². The molecular formula is C19H24N4O3S. The number of hydrogen-bond acceptors (Lipinski definition) is 6. The predicted octanol–water partition coefficient (Wildman–Crippen LogP) is 2.30. The lowest BCUT2D eigenvalue weighted by atomic mass is 10.1. The van der Waals surface area contributed by atoms with Crippen LogP contribution in [-0.2, 0) is 16.3 Å². The van der Waals surface area contributed by atoms with E-state index >= 15 is 0 Å². The molecule has 0 aliphatic carbocycles. The monoisotopic (exact) mass is 388 g/mol. The first kappa shape index (κ1) is 19.3. The van der Waals surface area contributed by atoms with Crippen LogP contribution in [0.3, 0.4) is 0 Å². The largest absolute Gasteiger partial charge is 0.337 e. The Hall–Kier alpha value is -2.48. The van der Waals surface area contributed by atoms with Crippen molar-refractivity contribution in [3.63, 3.8) is 0 Å². The zero-order valence-electron chi connectivity index (χ0n) is 15.6. The average molecular weight is 388 g/mol. The Bertz CT molecular complexity index is 913. The molecule has 1 unspecified atom stereocenters. The molecule has 0 radical (unpaired) electrons. The number of nitrogens with one attached hydrogen (secondary N) is 1. The molecule has 2 heterocycles. The Labute approximate surface area is 159 Å². The molecule has 0 saturated carbocycles. The highest BCUT2D eigenvalue weighted by Crippen LogP contribution is 2.21. The molecule has 27 heavy (non-hydrogen) atoms. The van der Waals surface area contributed by atoms with E-state index in [2.05, 4.69) is 22.2 Å². The first-order chi connectivity index (χ1) is 12.9. The third-order valence-corrected chi connectivity index (χ3v) is 6.49. The number of aromatic nitrogens is 2. The number of amides is 1. The number of carbonyl (C=O) groups is 1. The second kappa shape index (κ2) is 8.04. The van der Waals surface area contributed by atoms with Crippen molar-refractivity contribution in [1.29, 1.82) is 0 Å². The van der Waals surface area contributed by atoms with E-state index in [9.17, 15) is 13.2 Å². The molecule has 8 heteroatoms. The van der Waals surface area contributed by atoms with Gasteiger partial charge in [0.15, 0.2) is 9.84 Å². The number of hydrogen-bond donors (Lipinski definition) is 1. The van der Waals surface area contributed by atoms with Crippen LogP contribution < -0.4 is 10.2 Å². The van der Waals surface area contributed by atoms with Crippen molar-refractivity contribution in [3.05, 3.63) is 47.8 Å². The van der Waals surface area contributed by atoms with E-state index < -0.39 is 9.84 Å². The van der Waals surface area contributed by atoms with Crippen LogP contribution >= 0.6 is 0 Å². The molecule has 0 spiro atoms. The number of anilines is 2. The summed E-state index contributed by atoms with van der Waals surface area (Å²) in [6.07, 6.45) is 3.02.